The molecule has 4 heteroatoms. The molecule has 3 nitrogen and oxygen atoms in total. The molecule has 0 aliphatic heterocycles. The highest BCUT2D eigenvalue weighted by Crippen LogP contribution is 2.33. The van der Waals surface area contributed by atoms with E-state index in [2.05, 4.69) is 27.4 Å². The first kappa shape index (κ1) is 10.7. The molecule has 0 saturated heterocycles. The van der Waals surface area contributed by atoms with Crippen LogP contribution in [-0.4, -0.2) is 17.3 Å². The third-order valence-electron chi connectivity index (χ3n) is 2.48. The number of aromatic nitrogens is 1. The van der Waals surface area contributed by atoms with Gasteiger partial charge in [-0.2, -0.15) is 4.99 Å². The Kier molecular flexibility index (Phi) is 2.95. The molecular weight excluding hydrogens is 220 g/mol. The van der Waals surface area contributed by atoms with Gasteiger partial charge < -0.3 is 4.74 Å². The van der Waals surface area contributed by atoms with Crippen LogP contribution < -0.4 is 4.74 Å². The summed E-state index contributed by atoms with van der Waals surface area (Å²) in [5.74, 6) is 0.699. The van der Waals surface area contributed by atoms with Gasteiger partial charge in [-0.3, -0.25) is 4.98 Å². The summed E-state index contributed by atoms with van der Waals surface area (Å²) in [7, 11) is 1.61. The van der Waals surface area contributed by atoms with Gasteiger partial charge in [0.05, 0.1) is 18.0 Å². The van der Waals surface area contributed by atoms with Crippen molar-refractivity contribution in [3.8, 4) is 5.75 Å². The molecule has 0 saturated carbocycles. The van der Waals surface area contributed by atoms with Crippen molar-refractivity contribution in [1.29, 1.82) is 0 Å². The van der Waals surface area contributed by atoms with Crippen molar-refractivity contribution in [1.82, 2.24) is 4.98 Å². The average Bonchev–Trinajstić information content (AvgIpc) is 2.33. The van der Waals surface area contributed by atoms with Crippen LogP contribution in [0.15, 0.2) is 29.4 Å². The number of methoxy groups -OCH3 is 1. The molecule has 80 valence electrons. The lowest BCUT2D eigenvalue weighted by Gasteiger charge is -2.08. The van der Waals surface area contributed by atoms with E-state index in [1.807, 2.05) is 25.1 Å². The van der Waals surface area contributed by atoms with Gasteiger partial charge in [-0.1, -0.05) is 6.07 Å². The second kappa shape index (κ2) is 4.39. The van der Waals surface area contributed by atoms with Gasteiger partial charge in [-0.05, 0) is 30.8 Å². The Balaban J connectivity index is 2.87. The third-order valence-corrected chi connectivity index (χ3v) is 2.57. The van der Waals surface area contributed by atoms with Crippen LogP contribution in [0, 0.1) is 6.92 Å². The van der Waals surface area contributed by atoms with E-state index < -0.39 is 0 Å². The fourth-order valence-corrected chi connectivity index (χ4v) is 1.76. The number of benzene rings is 1. The van der Waals surface area contributed by atoms with Crippen molar-refractivity contribution in [2.75, 3.05) is 7.11 Å². The maximum atomic E-state index is 5.29. The van der Waals surface area contributed by atoms with E-state index in [-0.39, 0.29) is 0 Å². The smallest absolute Gasteiger partial charge is 0.147 e. The predicted octanol–water partition coefficient (Wildman–Crippen LogP) is 3.29. The Morgan fingerprint density at radius 3 is 3.00 bits per heavy atom. The molecule has 0 fully saturated rings. The Hall–Kier alpha value is -1.77. The molecule has 2 rings (SSSR count). The first-order valence-electron chi connectivity index (χ1n) is 4.78. The van der Waals surface area contributed by atoms with Crippen molar-refractivity contribution < 1.29 is 4.74 Å². The van der Waals surface area contributed by atoms with Crippen LogP contribution in [0.2, 0.25) is 0 Å². The molecule has 16 heavy (non-hydrogen) atoms. The third kappa shape index (κ3) is 1.69. The fraction of sp³-hybridized carbons (Fsp3) is 0.167. The maximum Gasteiger partial charge on any atom is 0.147 e. The fourth-order valence-electron chi connectivity index (χ4n) is 1.66. The minimum absolute atomic E-state index is 0.699. The number of pyridine rings is 1. The van der Waals surface area contributed by atoms with Gasteiger partial charge in [0.1, 0.15) is 11.3 Å². The van der Waals surface area contributed by atoms with Gasteiger partial charge >= 0.3 is 0 Å². The quantitative estimate of drug-likeness (QED) is 0.586. The molecule has 0 aliphatic rings. The number of hydrogen-bond donors (Lipinski definition) is 0. The van der Waals surface area contributed by atoms with E-state index in [9.17, 15) is 0 Å². The zero-order chi connectivity index (χ0) is 11.5. The Morgan fingerprint density at radius 2 is 2.31 bits per heavy atom. The summed E-state index contributed by atoms with van der Waals surface area (Å²) >= 11 is 4.62. The lowest BCUT2D eigenvalue weighted by molar-refractivity contribution is 0.419. The van der Waals surface area contributed by atoms with Crippen LogP contribution >= 0.6 is 12.2 Å². The molecule has 1 aromatic heterocycles. The highest BCUT2D eigenvalue weighted by atomic mass is 32.1. The molecular formula is C12H10N2OS. The van der Waals surface area contributed by atoms with Crippen LogP contribution in [0.5, 0.6) is 5.75 Å². The number of fused-ring (bicyclic) bond motifs is 1. The minimum Gasteiger partial charge on any atom is -0.494 e. The van der Waals surface area contributed by atoms with Gasteiger partial charge in [0.25, 0.3) is 0 Å². The van der Waals surface area contributed by atoms with E-state index in [1.165, 1.54) is 0 Å². The number of aliphatic imine (C=N–C) groups is 1. The van der Waals surface area contributed by atoms with E-state index >= 15 is 0 Å². The highest BCUT2D eigenvalue weighted by Gasteiger charge is 2.09. The minimum atomic E-state index is 0.699. The second-order valence-corrected chi connectivity index (χ2v) is 3.51. The van der Waals surface area contributed by atoms with Crippen LogP contribution in [0.1, 0.15) is 5.56 Å². The van der Waals surface area contributed by atoms with Crippen molar-refractivity contribution in [3.05, 3.63) is 30.0 Å². The molecule has 0 spiro atoms. The van der Waals surface area contributed by atoms with Gasteiger partial charge in [-0.15, -0.1) is 0 Å². The molecule has 0 aliphatic carbocycles. The van der Waals surface area contributed by atoms with Gasteiger partial charge in [0.2, 0.25) is 0 Å². The predicted molar refractivity (Wildman–Crippen MR) is 67.7 cm³/mol. The monoisotopic (exact) mass is 230 g/mol. The van der Waals surface area contributed by atoms with E-state index in [0.717, 1.165) is 22.2 Å². The normalized spacial score (nSPS) is 9.88. The van der Waals surface area contributed by atoms with Crippen molar-refractivity contribution in [2.45, 2.75) is 6.92 Å². The SMILES string of the molecule is COc1cc(N=C=S)c(C)c2cccnc12. The van der Waals surface area contributed by atoms with E-state index in [0.29, 0.717) is 5.75 Å². The van der Waals surface area contributed by atoms with Crippen molar-refractivity contribution in [3.63, 3.8) is 0 Å². The molecule has 0 radical (unpaired) electrons. The van der Waals surface area contributed by atoms with Crippen LogP contribution in [0.25, 0.3) is 10.9 Å². The van der Waals surface area contributed by atoms with E-state index in [1.54, 1.807) is 13.3 Å². The van der Waals surface area contributed by atoms with Crippen molar-refractivity contribution >= 4 is 34.0 Å². The zero-order valence-corrected chi connectivity index (χ0v) is 9.84. The Labute approximate surface area is 98.8 Å². The first-order valence-corrected chi connectivity index (χ1v) is 5.19. The number of hydrogen-bond acceptors (Lipinski definition) is 4. The second-order valence-electron chi connectivity index (χ2n) is 3.33. The molecule has 0 bridgehead atoms. The lowest BCUT2D eigenvalue weighted by Crippen LogP contribution is -1.90. The molecule has 0 unspecified atom stereocenters. The Morgan fingerprint density at radius 1 is 1.50 bits per heavy atom. The van der Waals surface area contributed by atoms with Gasteiger partial charge in [0.15, 0.2) is 0 Å². The molecule has 0 atom stereocenters. The van der Waals surface area contributed by atoms with Gasteiger partial charge in [-0.25, -0.2) is 0 Å². The molecule has 1 aromatic carbocycles. The van der Waals surface area contributed by atoms with Gasteiger partial charge in [0, 0.05) is 17.6 Å². The van der Waals surface area contributed by atoms with Crippen molar-refractivity contribution in [2.24, 2.45) is 4.99 Å². The molecule has 1 heterocycles. The lowest BCUT2D eigenvalue weighted by atomic mass is 10.1. The van der Waals surface area contributed by atoms with Crippen LogP contribution in [0.3, 0.4) is 0 Å². The van der Waals surface area contributed by atoms with E-state index in [4.69, 9.17) is 4.74 Å². The number of rotatable bonds is 2. The number of nitrogens with zero attached hydrogens (tertiary/aromatic N) is 2. The summed E-state index contributed by atoms with van der Waals surface area (Å²) < 4.78 is 5.29. The molecule has 2 aromatic rings. The Bertz CT molecular complexity index is 589. The largest absolute Gasteiger partial charge is 0.494 e. The van der Waals surface area contributed by atoms with Crippen LogP contribution in [0.4, 0.5) is 5.69 Å². The molecule has 0 amide bonds. The molecule has 0 N–H and O–H groups in total. The summed E-state index contributed by atoms with van der Waals surface area (Å²) in [5, 5.41) is 3.39. The summed E-state index contributed by atoms with van der Waals surface area (Å²) in [4.78, 5) is 8.32. The zero-order valence-electron chi connectivity index (χ0n) is 9.02. The number of ether oxygens (including phenoxy) is 1. The number of thiocarbonyl (C=S) groups is 1. The number of isothiocyanates is 1. The summed E-state index contributed by atoms with van der Waals surface area (Å²) in [6.07, 6.45) is 1.74. The first-order chi connectivity index (χ1) is 7.77. The maximum absolute atomic E-state index is 5.29. The van der Waals surface area contributed by atoms with Crippen LogP contribution in [-0.2, 0) is 0 Å². The summed E-state index contributed by atoms with van der Waals surface area (Å²) in [5.41, 5.74) is 2.64. The summed E-state index contributed by atoms with van der Waals surface area (Å²) in [6, 6.07) is 5.70. The topological polar surface area (TPSA) is 34.5 Å². The average molecular weight is 230 g/mol. The standard InChI is InChI=1S/C12H10N2OS/c1-8-9-4-3-5-13-12(9)11(15-2)6-10(8)14-7-16/h3-6H,1-2H3. The number of aryl methyl sites for hydroxylation is 1. The highest BCUT2D eigenvalue weighted by molar-refractivity contribution is 7.78. The summed E-state index contributed by atoms with van der Waals surface area (Å²) in [6.45, 7) is 1.98.